The summed E-state index contributed by atoms with van der Waals surface area (Å²) in [6.45, 7) is 4.87. The molecule has 3 unspecified atom stereocenters. The second-order valence-corrected chi connectivity index (χ2v) is 27.5. The van der Waals surface area contributed by atoms with E-state index in [0.29, 0.717) is 19.3 Å². The highest BCUT2D eigenvalue weighted by Gasteiger charge is 2.47. The molecule has 0 radical (unpaired) electrons. The fourth-order valence-electron chi connectivity index (χ4n) is 12.6. The highest BCUT2D eigenvalue weighted by Crippen LogP contribution is 2.49. The molecular weight excluding hydrogens is 1420 g/mol. The summed E-state index contributed by atoms with van der Waals surface area (Å²) in [5.41, 5.74) is -2.25. The van der Waals surface area contributed by atoms with Crippen LogP contribution in [-0.4, -0.2) is 180 Å². The molecule has 1 saturated heterocycles. The molecule has 34 heteroatoms. The van der Waals surface area contributed by atoms with Gasteiger partial charge in [0, 0.05) is 29.8 Å². The van der Waals surface area contributed by atoms with Gasteiger partial charge in [-0.3, -0.25) is 43.7 Å². The van der Waals surface area contributed by atoms with Crippen LogP contribution in [0, 0.1) is 5.92 Å². The minimum atomic E-state index is -2.36. The Labute approximate surface area is 611 Å². The van der Waals surface area contributed by atoms with Crippen molar-refractivity contribution in [3.8, 4) is 57.1 Å². The molecule has 0 spiro atoms. The molecule has 5 aromatic carbocycles. The molecule has 2 fully saturated rings. The van der Waals surface area contributed by atoms with Gasteiger partial charge in [0.05, 0.1) is 29.1 Å². The standard InChI is InChI=1S/C71H84Cl2N10O22/c1-5-6-7-8-9-10-19-75-71(101)78-50(88)28-42-64(95)79-53-34-24-47(102-45-17-12-32(22-39(45)72)57(89)55(68(99)77-42)82-63(94)41(74-4)20-30(2)3)62(105-70-61(93)60(92)59(91)49(29-84)104-70)48(25-34)103-46-18-13-33(23-40(46)73)58(90)56-69(100)81-54(67(98)76-35-14-15-35)38-26-36(85)27-44(87)51(38)37-21-31(11-16-43(37)86)52(65(96)83-56)80-66(53)97/h11-13,16-18,21-27,30,35,41-42,49,52-61,70,74,84-87,89-93H,5-10,14-15,19-20,28-29H2,1-4H3,(H,76,98)(H,77,99)(H,79,95)(H,80,97)(H,81,100)(H,82,94)(H,83,96)(H2,75,78,88,101)/t41-,42?,49-,52-,53?,54-,55?,56+,57-,58-,59-,60+,61-,70-/m1/s1. The maximum absolute atomic E-state index is 16.2. The van der Waals surface area contributed by atoms with Crippen molar-refractivity contribution in [1.29, 1.82) is 0 Å². The Morgan fingerprint density at radius 2 is 1.26 bits per heavy atom. The van der Waals surface area contributed by atoms with Crippen LogP contribution in [0.25, 0.3) is 11.1 Å². The minimum absolute atomic E-state index is 0.108. The number of rotatable bonds is 19. The number of benzene rings is 5. The number of fused-ring (bicyclic) bond motifs is 15. The molecule has 10 amide bonds. The topological polar surface area (TPSA) is 493 Å². The number of likely N-dealkylation sites (N-methyl/N-ethyl adjacent to an activating group) is 1. The fourth-order valence-corrected chi connectivity index (χ4v) is 13.0. The smallest absolute Gasteiger partial charge is 0.321 e. The van der Waals surface area contributed by atoms with E-state index in [1.54, 1.807) is 0 Å². The number of phenols is 3. The zero-order chi connectivity index (χ0) is 75.8. The lowest BCUT2D eigenvalue weighted by atomic mass is 9.89. The summed E-state index contributed by atoms with van der Waals surface area (Å²) in [5, 5.41) is 128. The summed E-state index contributed by atoms with van der Waals surface area (Å²) in [6, 6.07) is -1.13. The number of aliphatic hydroxyl groups is 6. The van der Waals surface area contributed by atoms with E-state index in [9.17, 15) is 65.1 Å². The number of ether oxygens (including phenoxy) is 4. The van der Waals surface area contributed by atoms with E-state index in [-0.39, 0.29) is 74.8 Å². The summed E-state index contributed by atoms with van der Waals surface area (Å²) in [7, 11) is 1.48. The van der Waals surface area contributed by atoms with Crippen LogP contribution >= 0.6 is 23.2 Å². The van der Waals surface area contributed by atoms with Crippen LogP contribution in [0.15, 0.2) is 78.9 Å². The summed E-state index contributed by atoms with van der Waals surface area (Å²) in [6.07, 6.45) is -8.85. The van der Waals surface area contributed by atoms with Gasteiger partial charge >= 0.3 is 6.03 Å². The monoisotopic (exact) mass is 1500 g/mol. The number of carbonyl (C=O) groups excluding carboxylic acids is 9. The molecule has 6 heterocycles. The molecule has 1 aliphatic carbocycles. The quantitative estimate of drug-likeness (QED) is 0.0528. The first kappa shape index (κ1) is 78.0. The van der Waals surface area contributed by atoms with Gasteiger partial charge in [-0.2, -0.15) is 0 Å². The predicted molar refractivity (Wildman–Crippen MR) is 372 cm³/mol. The second kappa shape index (κ2) is 34.1. The summed E-state index contributed by atoms with van der Waals surface area (Å²) < 4.78 is 25.2. The van der Waals surface area contributed by atoms with Crippen LogP contribution in [0.5, 0.6) is 46.0 Å². The van der Waals surface area contributed by atoms with Crippen LogP contribution in [0.2, 0.25) is 10.0 Å². The van der Waals surface area contributed by atoms with E-state index in [4.69, 9.17) is 42.1 Å². The van der Waals surface area contributed by atoms with Crippen molar-refractivity contribution >= 4 is 76.5 Å². The van der Waals surface area contributed by atoms with Gasteiger partial charge in [0.2, 0.25) is 59.3 Å². The van der Waals surface area contributed by atoms with Gasteiger partial charge in [-0.15, -0.1) is 0 Å². The third-order valence-electron chi connectivity index (χ3n) is 18.4. The number of hydrogen-bond acceptors (Lipinski definition) is 23. The number of hydrogen-bond donors (Lipinski definition) is 19. The van der Waals surface area contributed by atoms with Gasteiger partial charge in [-0.05, 0) is 121 Å². The van der Waals surface area contributed by atoms with Crippen LogP contribution in [0.4, 0.5) is 4.79 Å². The largest absolute Gasteiger partial charge is 0.508 e. The Bertz CT molecular complexity index is 4130. The Kier molecular flexibility index (Phi) is 25.3. The fraction of sp³-hybridized carbons (Fsp3) is 0.451. The molecular formula is C71H84Cl2N10O22. The highest BCUT2D eigenvalue weighted by molar-refractivity contribution is 6.32. The highest BCUT2D eigenvalue weighted by atomic mass is 35.5. The number of aromatic hydroxyl groups is 3. The number of halogens is 2. The summed E-state index contributed by atoms with van der Waals surface area (Å²) in [4.78, 5) is 134. The second-order valence-electron chi connectivity index (χ2n) is 26.7. The molecule has 32 nitrogen and oxygen atoms in total. The van der Waals surface area contributed by atoms with Crippen molar-refractivity contribution in [2.75, 3.05) is 20.2 Å². The van der Waals surface area contributed by atoms with Crippen LogP contribution < -0.4 is 67.4 Å². The lowest BCUT2D eigenvalue weighted by molar-refractivity contribution is -0.277. The predicted octanol–water partition coefficient (Wildman–Crippen LogP) is 2.76. The van der Waals surface area contributed by atoms with Gasteiger partial charge in [-0.25, -0.2) is 4.79 Å². The third kappa shape index (κ3) is 18.4. The molecule has 19 N–H and O–H groups in total. The van der Waals surface area contributed by atoms with E-state index < -0.39 is 197 Å². The van der Waals surface area contributed by atoms with Crippen LogP contribution in [-0.2, 0) is 43.1 Å². The van der Waals surface area contributed by atoms with E-state index in [0.717, 1.165) is 92.8 Å². The Morgan fingerprint density at radius 1 is 0.638 bits per heavy atom. The molecule has 7 aliphatic rings. The first-order chi connectivity index (χ1) is 50.0. The number of unbranched alkanes of at least 4 members (excludes halogenated alkanes) is 5. The van der Waals surface area contributed by atoms with Crippen LogP contribution in [0.1, 0.15) is 143 Å². The molecule has 105 heavy (non-hydrogen) atoms. The van der Waals surface area contributed by atoms with Gasteiger partial charge in [0.25, 0.3) is 0 Å². The normalized spacial score (nSPS) is 24.9. The number of amides is 10. The maximum atomic E-state index is 16.2. The van der Waals surface area contributed by atoms with Crippen molar-refractivity contribution in [3.63, 3.8) is 0 Å². The average Bonchev–Trinajstić information content (AvgIpc) is 1.69. The number of urea groups is 1. The van der Waals surface area contributed by atoms with E-state index in [1.165, 1.54) is 25.2 Å². The molecule has 14 atom stereocenters. The number of nitrogens with one attached hydrogen (secondary N) is 10. The number of aliphatic hydroxyl groups excluding tert-OH is 6. The van der Waals surface area contributed by atoms with E-state index in [1.807, 2.05) is 13.8 Å². The Hall–Kier alpha value is -9.61. The lowest BCUT2D eigenvalue weighted by Crippen LogP contribution is -2.60. The molecule has 11 bridgehead atoms. The molecule has 0 aromatic heterocycles. The summed E-state index contributed by atoms with van der Waals surface area (Å²) in [5.74, 6) is -14.6. The van der Waals surface area contributed by atoms with Crippen molar-refractivity contribution < 1.29 is 108 Å². The Balaban J connectivity index is 1.20. The SMILES string of the molecule is CCCCCCCCNC(=O)NC(=O)CC1NC(=O)C(NC(=O)[C@@H](CC(C)C)NC)[C@H](O)c2ccc(c(Cl)c2)Oc2cc3cc(c2O[C@H]2O[C@H](CO)[C@@H](O)[C@H](O)[C@H]2O)Oc2ccc(cc2Cl)[C@@H](O)[C@@H]2NC(=O)[C@H](NC(=O)C3NC1=O)c1ccc(O)c(c1)-c1c(O)cc(O)cc1[C@H](C(=O)NC1CC1)NC2=O. The van der Waals surface area contributed by atoms with E-state index >= 15 is 24.0 Å². The lowest BCUT2D eigenvalue weighted by Gasteiger charge is -2.39. The summed E-state index contributed by atoms with van der Waals surface area (Å²) >= 11 is 14.1. The number of imide groups is 1. The Morgan fingerprint density at radius 3 is 1.89 bits per heavy atom. The van der Waals surface area contributed by atoms with Crippen molar-refractivity contribution in [1.82, 2.24) is 53.2 Å². The zero-order valence-corrected chi connectivity index (χ0v) is 58.8. The first-order valence-electron chi connectivity index (χ1n) is 34.3. The number of carbonyl (C=O) groups is 9. The minimum Gasteiger partial charge on any atom is -0.508 e. The maximum Gasteiger partial charge on any atom is 0.321 e. The molecule has 1 saturated carbocycles. The number of phenolic OH excluding ortho intramolecular Hbond substituents is 3. The zero-order valence-electron chi connectivity index (χ0n) is 57.3. The van der Waals surface area contributed by atoms with Gasteiger partial charge in [0.1, 0.15) is 102 Å². The molecule has 5 aromatic rings. The van der Waals surface area contributed by atoms with E-state index in [2.05, 4.69) is 60.1 Å². The van der Waals surface area contributed by atoms with Gasteiger partial charge < -0.3 is 113 Å². The van der Waals surface area contributed by atoms with Crippen molar-refractivity contribution in [3.05, 3.63) is 117 Å². The molecule has 564 valence electrons. The third-order valence-corrected chi connectivity index (χ3v) is 19.0. The molecule has 12 rings (SSSR count). The average molecular weight is 1500 g/mol. The van der Waals surface area contributed by atoms with Crippen LogP contribution in [0.3, 0.4) is 0 Å². The van der Waals surface area contributed by atoms with Gasteiger partial charge in [0.15, 0.2) is 11.5 Å². The van der Waals surface area contributed by atoms with Crippen molar-refractivity contribution in [2.24, 2.45) is 5.92 Å². The first-order valence-corrected chi connectivity index (χ1v) is 35.0. The van der Waals surface area contributed by atoms with Crippen molar-refractivity contribution in [2.45, 2.75) is 176 Å². The molecule has 6 aliphatic heterocycles. The van der Waals surface area contributed by atoms with Gasteiger partial charge in [-0.1, -0.05) is 94.3 Å².